The van der Waals surface area contributed by atoms with E-state index in [1.807, 2.05) is 0 Å². The average Bonchev–Trinajstić information content (AvgIpc) is 3.35. The highest BCUT2D eigenvalue weighted by Gasteiger charge is 2.58. The number of nitrogens with one attached hydrogen (secondary N) is 2. The van der Waals surface area contributed by atoms with E-state index < -0.39 is 229 Å². The fourth-order valence-electron chi connectivity index (χ4n) is 8.85. The van der Waals surface area contributed by atoms with E-state index in [0.717, 1.165) is 13.8 Å². The zero-order valence-electron chi connectivity index (χ0n) is 38.9. The van der Waals surface area contributed by atoms with Gasteiger partial charge < -0.3 is 150 Å². The van der Waals surface area contributed by atoms with E-state index >= 15 is 0 Å². The van der Waals surface area contributed by atoms with Gasteiger partial charge in [-0.2, -0.15) is 0 Å². The van der Waals surface area contributed by atoms with Gasteiger partial charge in [0.2, 0.25) is 11.8 Å². The lowest BCUT2D eigenvalue weighted by Crippen LogP contribution is -2.71. The van der Waals surface area contributed by atoms with E-state index in [0.29, 0.717) is 0 Å². The molecule has 0 radical (unpaired) electrons. The van der Waals surface area contributed by atoms with Crippen LogP contribution in [0.25, 0.3) is 0 Å². The fraction of sp³-hybridized carbons (Fsp3) is 0.950. The number of rotatable bonds is 21. The van der Waals surface area contributed by atoms with Crippen molar-refractivity contribution in [2.45, 2.75) is 199 Å². The molecule has 5 aliphatic rings. The molecule has 5 heterocycles. The molecule has 2 amide bonds. The molecular weight excluding hydrogens is 988 g/mol. The van der Waals surface area contributed by atoms with Gasteiger partial charge in [0.1, 0.15) is 134 Å². The second-order valence-electron chi connectivity index (χ2n) is 18.0. The number of hydrogen-bond acceptors (Lipinski definition) is 30. The van der Waals surface area contributed by atoms with Crippen LogP contribution in [0.1, 0.15) is 20.8 Å². The normalized spacial score (nSPS) is 45.7. The number of amides is 2. The van der Waals surface area contributed by atoms with Crippen molar-refractivity contribution in [1.82, 2.24) is 10.6 Å². The molecule has 0 bridgehead atoms. The number of hydrogen-bond donors (Lipinski definition) is 20. The highest BCUT2D eigenvalue weighted by Crippen LogP contribution is 2.37. The number of ether oxygens (including phenoxy) is 10. The summed E-state index contributed by atoms with van der Waals surface area (Å²) in [6.45, 7) is -2.73. The minimum Gasteiger partial charge on any atom is -0.394 e. The van der Waals surface area contributed by atoms with Gasteiger partial charge in [0.15, 0.2) is 31.5 Å². The highest BCUT2D eigenvalue weighted by molar-refractivity contribution is 5.73. The van der Waals surface area contributed by atoms with Gasteiger partial charge in [0, 0.05) is 13.8 Å². The van der Waals surface area contributed by atoms with E-state index in [9.17, 15) is 102 Å². The van der Waals surface area contributed by atoms with Gasteiger partial charge >= 0.3 is 0 Å². The molecule has 0 spiro atoms. The summed E-state index contributed by atoms with van der Waals surface area (Å²) in [5, 5.41) is 196. The molecule has 0 unspecified atom stereocenters. The SMILES string of the molecule is CC(=O)N[C@H]1[C@H](O[C@H]2[C@H](O)[C@H](O)[C@@H](O[C@@H]3[C@H](O)[C@H](O[C@@H]([C@H](O)[C@H](CO)NC(C)=O)[C@H](O)CO)O[C@H](CO)[C@H]3O)O[C@@H]2CO)O[C@H](CO)[C@@H](O[C@@H]2O[C@H](CO)[C@H](O)[C@H](O)[C@H]2O)[C@@H]1O[C@@H]1O[C@@H](C)[C@@H](O)[C@@H](O)[C@@H]1O. The minimum absolute atomic E-state index is 0.734. The van der Waals surface area contributed by atoms with Gasteiger partial charge in [-0.05, 0) is 6.92 Å². The molecule has 32 heteroatoms. The first kappa shape index (κ1) is 60.7. The van der Waals surface area contributed by atoms with E-state index in [1.165, 1.54) is 6.92 Å². The molecule has 20 N–H and O–H groups in total. The molecule has 72 heavy (non-hydrogen) atoms. The monoisotopic (exact) mass is 1060 g/mol. The maximum atomic E-state index is 12.9. The van der Waals surface area contributed by atoms with Crippen LogP contribution >= 0.6 is 0 Å². The molecule has 32 nitrogen and oxygen atoms in total. The lowest BCUT2D eigenvalue weighted by molar-refractivity contribution is -0.392. The van der Waals surface area contributed by atoms with Crippen molar-refractivity contribution in [1.29, 1.82) is 0 Å². The molecule has 0 saturated carbocycles. The Balaban J connectivity index is 1.43. The van der Waals surface area contributed by atoms with Crippen LogP contribution in [0.3, 0.4) is 0 Å². The summed E-state index contributed by atoms with van der Waals surface area (Å²) in [4.78, 5) is 24.6. The molecular formula is C40H70N2O30. The Hall–Kier alpha value is -2.18. The highest BCUT2D eigenvalue weighted by atomic mass is 16.8. The third kappa shape index (κ3) is 13.5. The predicted molar refractivity (Wildman–Crippen MR) is 223 cm³/mol. The van der Waals surface area contributed by atoms with Crippen molar-refractivity contribution in [3.8, 4) is 0 Å². The first-order chi connectivity index (χ1) is 34.0. The summed E-state index contributed by atoms with van der Waals surface area (Å²) in [5.74, 6) is -1.60. The van der Waals surface area contributed by atoms with Gasteiger partial charge in [-0.25, -0.2) is 0 Å². The molecule has 5 saturated heterocycles. The fourth-order valence-corrected chi connectivity index (χ4v) is 8.85. The van der Waals surface area contributed by atoms with Crippen LogP contribution in [-0.2, 0) is 57.0 Å². The van der Waals surface area contributed by atoms with Gasteiger partial charge in [-0.3, -0.25) is 9.59 Å². The molecule has 420 valence electrons. The zero-order valence-corrected chi connectivity index (χ0v) is 38.9. The van der Waals surface area contributed by atoms with Crippen molar-refractivity contribution in [2.75, 3.05) is 39.6 Å². The van der Waals surface area contributed by atoms with E-state index in [2.05, 4.69) is 10.6 Å². The van der Waals surface area contributed by atoms with Crippen LogP contribution in [0.4, 0.5) is 0 Å². The third-order valence-electron chi connectivity index (χ3n) is 12.9. The maximum Gasteiger partial charge on any atom is 0.217 e. The van der Waals surface area contributed by atoms with Gasteiger partial charge in [-0.15, -0.1) is 0 Å². The molecule has 5 rings (SSSR count). The molecule has 0 aliphatic carbocycles. The van der Waals surface area contributed by atoms with Gasteiger partial charge in [0.05, 0.1) is 51.8 Å². The molecule has 0 aromatic rings. The van der Waals surface area contributed by atoms with Crippen LogP contribution < -0.4 is 10.6 Å². The predicted octanol–water partition coefficient (Wildman–Crippen LogP) is -13.1. The van der Waals surface area contributed by atoms with Crippen LogP contribution in [0.15, 0.2) is 0 Å². The van der Waals surface area contributed by atoms with E-state index in [-0.39, 0.29) is 0 Å². The molecule has 29 atom stereocenters. The maximum absolute atomic E-state index is 12.9. The summed E-state index contributed by atoms with van der Waals surface area (Å²) in [5.41, 5.74) is 0. The molecule has 5 aliphatic heterocycles. The Kier molecular flexibility index (Phi) is 22.5. The standard InChI is InChI=1S/C40H70N2O30/c1-10-20(52)24(56)27(59)37(63-10)71-34-19(42-12(3)50)36(66-18(9-48)33(34)70-38-28(60)25(57)22(54)15(6-45)64-38)69-32-17(8-47)67-39(29(61)26(32)58)72-35-23(55)16(7-46)65-40(30(35)62)68-31(14(51)5-44)21(53)13(4-43)41-11(2)49/h10,13-40,43-48,51-62H,4-9H2,1-3H3,(H,41,49)(H,42,50)/t10-,13-,14+,15+,16+,17+,18+,19+,20+,21+,22-,23+,24+,25-,26+,27-,28+,29-,30-,31+,32+,33+,34+,35-,36-,37-,38-,39+,40-/m0/s1. The van der Waals surface area contributed by atoms with Crippen molar-refractivity contribution in [3.63, 3.8) is 0 Å². The third-order valence-corrected chi connectivity index (χ3v) is 12.9. The Morgan fingerprint density at radius 2 is 0.931 bits per heavy atom. The first-order valence-corrected chi connectivity index (χ1v) is 22.9. The Bertz CT molecular complexity index is 1680. The number of carbonyl (C=O) groups excluding carboxylic acids is 2. The lowest BCUT2D eigenvalue weighted by Gasteiger charge is -2.51. The minimum atomic E-state index is -2.29. The largest absolute Gasteiger partial charge is 0.394 e. The second-order valence-corrected chi connectivity index (χ2v) is 18.0. The average molecular weight is 1060 g/mol. The second kappa shape index (κ2) is 26.7. The van der Waals surface area contributed by atoms with Crippen molar-refractivity contribution >= 4 is 11.8 Å². The zero-order chi connectivity index (χ0) is 53.6. The summed E-state index contributed by atoms with van der Waals surface area (Å²) in [6, 6.07) is -3.30. The van der Waals surface area contributed by atoms with E-state index in [1.54, 1.807) is 0 Å². The first-order valence-electron chi connectivity index (χ1n) is 22.9. The van der Waals surface area contributed by atoms with Gasteiger partial charge in [0.25, 0.3) is 0 Å². The van der Waals surface area contributed by atoms with Crippen molar-refractivity contribution < 1.29 is 149 Å². The molecule has 0 aromatic heterocycles. The van der Waals surface area contributed by atoms with Crippen LogP contribution in [-0.4, -0.2) is 321 Å². The summed E-state index contributed by atoms with van der Waals surface area (Å²) in [7, 11) is 0. The Morgan fingerprint density at radius 3 is 1.47 bits per heavy atom. The molecule has 0 aromatic carbocycles. The van der Waals surface area contributed by atoms with Crippen LogP contribution in [0.2, 0.25) is 0 Å². The van der Waals surface area contributed by atoms with Crippen molar-refractivity contribution in [2.24, 2.45) is 0 Å². The summed E-state index contributed by atoms with van der Waals surface area (Å²) < 4.78 is 57.8. The van der Waals surface area contributed by atoms with E-state index in [4.69, 9.17) is 47.4 Å². The van der Waals surface area contributed by atoms with Crippen LogP contribution in [0.5, 0.6) is 0 Å². The number of carbonyl (C=O) groups is 2. The topological polar surface area (TPSA) is 515 Å². The Morgan fingerprint density at radius 1 is 0.472 bits per heavy atom. The number of aliphatic hydroxyl groups is 18. The summed E-state index contributed by atoms with van der Waals surface area (Å²) >= 11 is 0. The van der Waals surface area contributed by atoms with Gasteiger partial charge in [-0.1, -0.05) is 0 Å². The smallest absolute Gasteiger partial charge is 0.217 e. The number of aliphatic hydroxyl groups excluding tert-OH is 18. The molecule has 5 fully saturated rings. The quantitative estimate of drug-likeness (QED) is 0.0507. The van der Waals surface area contributed by atoms with Crippen LogP contribution in [0, 0.1) is 0 Å². The lowest BCUT2D eigenvalue weighted by atomic mass is 9.93. The van der Waals surface area contributed by atoms with Crippen molar-refractivity contribution in [3.05, 3.63) is 0 Å². The Labute approximate surface area is 409 Å². The summed E-state index contributed by atoms with van der Waals surface area (Å²) in [6.07, 6.45) is -52.0.